The van der Waals surface area contributed by atoms with Crippen LogP contribution in [0, 0.1) is 10.1 Å². The molecule has 5 heteroatoms. The highest BCUT2D eigenvalue weighted by molar-refractivity contribution is 5.39. The van der Waals surface area contributed by atoms with Crippen LogP contribution in [-0.2, 0) is 6.42 Å². The molecule has 0 fully saturated rings. The third kappa shape index (κ3) is 5.36. The lowest BCUT2D eigenvalue weighted by Gasteiger charge is -2.23. The summed E-state index contributed by atoms with van der Waals surface area (Å²) in [4.78, 5) is 10.5. The molecule has 1 aromatic rings. The highest BCUT2D eigenvalue weighted by Gasteiger charge is 2.18. The van der Waals surface area contributed by atoms with Gasteiger partial charge < -0.3 is 10.4 Å². The first kappa shape index (κ1) is 15.6. The van der Waals surface area contributed by atoms with Crippen LogP contribution in [0.5, 0.6) is 0 Å². The van der Waals surface area contributed by atoms with E-state index in [1.54, 1.807) is 25.1 Å². The number of nitro groups is 1. The second kappa shape index (κ2) is 7.21. The Balaban J connectivity index is 2.44. The summed E-state index contributed by atoms with van der Waals surface area (Å²) in [6.07, 6.45) is 2.25. The zero-order valence-electron chi connectivity index (χ0n) is 11.6. The van der Waals surface area contributed by atoms with Crippen LogP contribution < -0.4 is 5.32 Å². The molecule has 0 amide bonds. The smallest absolute Gasteiger partial charge is 0.272 e. The van der Waals surface area contributed by atoms with Gasteiger partial charge in [0.1, 0.15) is 0 Å². The maximum Gasteiger partial charge on any atom is 0.272 e. The van der Waals surface area contributed by atoms with Crippen molar-refractivity contribution in [3.05, 3.63) is 39.9 Å². The Hall–Kier alpha value is -1.46. The number of nitro benzene ring substituents is 1. The van der Waals surface area contributed by atoms with E-state index in [1.807, 2.05) is 6.92 Å². The van der Waals surface area contributed by atoms with Crippen LogP contribution >= 0.6 is 0 Å². The molecule has 106 valence electrons. The van der Waals surface area contributed by atoms with Crippen molar-refractivity contribution >= 4 is 5.69 Å². The Morgan fingerprint density at radius 3 is 2.74 bits per heavy atom. The molecular weight excluding hydrogens is 244 g/mol. The van der Waals surface area contributed by atoms with Gasteiger partial charge >= 0.3 is 0 Å². The van der Waals surface area contributed by atoms with Gasteiger partial charge in [-0.15, -0.1) is 0 Å². The number of hydrogen-bond donors (Lipinski definition) is 2. The SMILES string of the molecule is CCCC(C)(O)CNCCc1ccccc1[N+](=O)[O-]. The van der Waals surface area contributed by atoms with Crippen molar-refractivity contribution in [2.75, 3.05) is 13.1 Å². The van der Waals surface area contributed by atoms with Gasteiger partial charge in [-0.05, 0) is 26.3 Å². The Kier molecular flexibility index (Phi) is 5.92. The summed E-state index contributed by atoms with van der Waals surface area (Å²) >= 11 is 0. The van der Waals surface area contributed by atoms with Crippen molar-refractivity contribution in [3.8, 4) is 0 Å². The number of nitrogens with zero attached hydrogens (tertiary/aromatic N) is 1. The minimum Gasteiger partial charge on any atom is -0.389 e. The summed E-state index contributed by atoms with van der Waals surface area (Å²) in [6, 6.07) is 6.75. The molecule has 0 radical (unpaired) electrons. The summed E-state index contributed by atoms with van der Waals surface area (Å²) in [5, 5.41) is 24.0. The van der Waals surface area contributed by atoms with Crippen LogP contribution in [0.4, 0.5) is 5.69 Å². The number of hydrogen-bond acceptors (Lipinski definition) is 4. The summed E-state index contributed by atoms with van der Waals surface area (Å²) in [5.41, 5.74) is 0.164. The molecule has 1 unspecified atom stereocenters. The highest BCUT2D eigenvalue weighted by atomic mass is 16.6. The third-order valence-electron chi connectivity index (χ3n) is 3.05. The van der Waals surface area contributed by atoms with E-state index >= 15 is 0 Å². The normalized spacial score (nSPS) is 14.1. The van der Waals surface area contributed by atoms with Gasteiger partial charge in [-0.1, -0.05) is 31.5 Å². The summed E-state index contributed by atoms with van der Waals surface area (Å²) < 4.78 is 0. The molecule has 0 aliphatic carbocycles. The Morgan fingerprint density at radius 2 is 2.11 bits per heavy atom. The Bertz CT molecular complexity index is 419. The van der Waals surface area contributed by atoms with Gasteiger partial charge in [-0.3, -0.25) is 10.1 Å². The van der Waals surface area contributed by atoms with Crippen LogP contribution in [0.3, 0.4) is 0 Å². The third-order valence-corrected chi connectivity index (χ3v) is 3.05. The van der Waals surface area contributed by atoms with Crippen molar-refractivity contribution in [2.24, 2.45) is 0 Å². The van der Waals surface area contributed by atoms with Gasteiger partial charge in [-0.2, -0.15) is 0 Å². The molecule has 19 heavy (non-hydrogen) atoms. The number of benzene rings is 1. The molecule has 0 heterocycles. The average molecular weight is 266 g/mol. The molecule has 0 aliphatic rings. The summed E-state index contributed by atoms with van der Waals surface area (Å²) in [6.45, 7) is 4.95. The topological polar surface area (TPSA) is 75.4 Å². The Labute approximate surface area is 113 Å². The first-order chi connectivity index (χ1) is 8.96. The maximum atomic E-state index is 10.8. The lowest BCUT2D eigenvalue weighted by atomic mass is 10.0. The predicted octanol–water partition coefficient (Wildman–Crippen LogP) is 2.28. The van der Waals surface area contributed by atoms with Crippen molar-refractivity contribution in [2.45, 2.75) is 38.7 Å². The first-order valence-electron chi connectivity index (χ1n) is 6.61. The average Bonchev–Trinajstić information content (AvgIpc) is 2.35. The van der Waals surface area contributed by atoms with Crippen molar-refractivity contribution in [1.82, 2.24) is 5.32 Å². The van der Waals surface area contributed by atoms with E-state index in [0.717, 1.165) is 18.4 Å². The minimum atomic E-state index is -0.711. The van der Waals surface area contributed by atoms with Gasteiger partial charge in [0.05, 0.1) is 10.5 Å². The van der Waals surface area contributed by atoms with Gasteiger partial charge in [0.2, 0.25) is 0 Å². The molecule has 2 N–H and O–H groups in total. The van der Waals surface area contributed by atoms with Crippen LogP contribution in [0.15, 0.2) is 24.3 Å². The zero-order valence-corrected chi connectivity index (χ0v) is 11.6. The van der Waals surface area contributed by atoms with Gasteiger partial charge in [0.25, 0.3) is 5.69 Å². The molecule has 0 saturated carbocycles. The minimum absolute atomic E-state index is 0.157. The maximum absolute atomic E-state index is 10.8. The fraction of sp³-hybridized carbons (Fsp3) is 0.571. The monoisotopic (exact) mass is 266 g/mol. The fourth-order valence-corrected chi connectivity index (χ4v) is 2.11. The van der Waals surface area contributed by atoms with E-state index in [4.69, 9.17) is 0 Å². The molecule has 0 spiro atoms. The van der Waals surface area contributed by atoms with Gasteiger partial charge in [-0.25, -0.2) is 0 Å². The second-order valence-corrected chi connectivity index (χ2v) is 5.06. The largest absolute Gasteiger partial charge is 0.389 e. The molecule has 5 nitrogen and oxygen atoms in total. The highest BCUT2D eigenvalue weighted by Crippen LogP contribution is 2.17. The molecule has 0 aliphatic heterocycles. The molecular formula is C14H22N2O3. The summed E-state index contributed by atoms with van der Waals surface area (Å²) in [7, 11) is 0. The van der Waals surface area contributed by atoms with E-state index in [1.165, 1.54) is 6.07 Å². The molecule has 0 aromatic heterocycles. The standard InChI is InChI=1S/C14H22N2O3/c1-3-9-14(2,17)11-15-10-8-12-6-4-5-7-13(12)16(18)19/h4-7,15,17H,3,8-11H2,1-2H3. The van der Waals surface area contributed by atoms with E-state index in [2.05, 4.69) is 5.32 Å². The molecule has 1 aromatic carbocycles. The van der Waals surface area contributed by atoms with Crippen molar-refractivity contribution < 1.29 is 10.0 Å². The van der Waals surface area contributed by atoms with Crippen molar-refractivity contribution in [3.63, 3.8) is 0 Å². The van der Waals surface area contributed by atoms with E-state index < -0.39 is 5.60 Å². The Morgan fingerprint density at radius 1 is 1.42 bits per heavy atom. The second-order valence-electron chi connectivity index (χ2n) is 5.06. The molecule has 1 atom stereocenters. The molecule has 0 saturated heterocycles. The first-order valence-corrected chi connectivity index (χ1v) is 6.61. The van der Waals surface area contributed by atoms with Crippen LogP contribution in [-0.4, -0.2) is 28.7 Å². The molecule has 0 bridgehead atoms. The van der Waals surface area contributed by atoms with Gasteiger partial charge in [0.15, 0.2) is 0 Å². The zero-order chi connectivity index (χ0) is 14.3. The van der Waals surface area contributed by atoms with Gasteiger partial charge in [0, 0.05) is 18.2 Å². The molecule has 1 rings (SSSR count). The van der Waals surface area contributed by atoms with E-state index in [-0.39, 0.29) is 10.6 Å². The van der Waals surface area contributed by atoms with Crippen molar-refractivity contribution in [1.29, 1.82) is 0 Å². The van der Waals surface area contributed by atoms with Crippen LogP contribution in [0.1, 0.15) is 32.3 Å². The number of aliphatic hydroxyl groups is 1. The predicted molar refractivity (Wildman–Crippen MR) is 75.2 cm³/mol. The summed E-state index contributed by atoms with van der Waals surface area (Å²) in [5.74, 6) is 0. The number of rotatable bonds is 8. The number of nitrogens with one attached hydrogen (secondary N) is 1. The van der Waals surface area contributed by atoms with E-state index in [0.29, 0.717) is 19.5 Å². The quantitative estimate of drug-likeness (QED) is 0.430. The fourth-order valence-electron chi connectivity index (χ4n) is 2.11. The van der Waals surface area contributed by atoms with E-state index in [9.17, 15) is 15.2 Å². The number of para-hydroxylation sites is 1. The lowest BCUT2D eigenvalue weighted by Crippen LogP contribution is -2.38. The van der Waals surface area contributed by atoms with Crippen LogP contribution in [0.25, 0.3) is 0 Å². The van der Waals surface area contributed by atoms with Crippen LogP contribution in [0.2, 0.25) is 0 Å². The lowest BCUT2D eigenvalue weighted by molar-refractivity contribution is -0.385.